The molecule has 0 radical (unpaired) electrons. The minimum Gasteiger partial charge on any atom is -0.447 e. The molecule has 4 rings (SSSR count). The summed E-state index contributed by atoms with van der Waals surface area (Å²) < 4.78 is 12.3. The van der Waals surface area contributed by atoms with Gasteiger partial charge in [-0.2, -0.15) is 15.8 Å². The molecule has 2 saturated heterocycles. The monoisotopic (exact) mass is 346 g/mol. The summed E-state index contributed by atoms with van der Waals surface area (Å²) >= 11 is 0. The van der Waals surface area contributed by atoms with E-state index in [1.807, 2.05) is 18.2 Å². The maximum Gasteiger partial charge on any atom is 0.217 e. The van der Waals surface area contributed by atoms with E-state index in [0.717, 1.165) is 19.3 Å². The molecule has 1 aromatic rings. The molecule has 0 aromatic heterocycles. The molecule has 1 aromatic carbocycles. The van der Waals surface area contributed by atoms with Gasteiger partial charge >= 0.3 is 0 Å². The summed E-state index contributed by atoms with van der Waals surface area (Å²) in [4.78, 5) is 0. The predicted molar refractivity (Wildman–Crippen MR) is 90.1 cm³/mol. The zero-order valence-corrected chi connectivity index (χ0v) is 14.2. The molecule has 0 spiro atoms. The molecule has 3 aliphatic rings. The van der Waals surface area contributed by atoms with Crippen molar-refractivity contribution in [3.8, 4) is 18.2 Å². The summed E-state index contributed by atoms with van der Waals surface area (Å²) in [5.41, 5.74) is -2.81. The first-order valence-electron chi connectivity index (χ1n) is 8.85. The second kappa shape index (κ2) is 5.56. The lowest BCUT2D eigenvalue weighted by molar-refractivity contribution is -0.284. The maximum atomic E-state index is 10.2. The molecule has 0 amide bonds. The summed E-state index contributed by atoms with van der Waals surface area (Å²) in [5, 5.41) is 38.9. The standard InChI is InChI=1S/C20H18N4O2/c21-11-18(12-22)16(14-7-3-1-4-8-14)25-20-10-6-2-5-9-15(20)19(18,13-23)17(24)26-20/h1,3-4,7-8,15-16,24H,2,5-6,9-10H2/t15-,16-,19+,20-/m1/s1. The largest absolute Gasteiger partial charge is 0.447 e. The molecule has 1 saturated carbocycles. The van der Waals surface area contributed by atoms with Gasteiger partial charge in [-0.25, -0.2) is 0 Å². The Hall–Kier alpha value is -2.88. The molecule has 6 heteroatoms. The first-order chi connectivity index (χ1) is 12.6. The van der Waals surface area contributed by atoms with Crippen LogP contribution in [0.2, 0.25) is 0 Å². The van der Waals surface area contributed by atoms with E-state index in [4.69, 9.17) is 14.9 Å². The fraction of sp³-hybridized carbons (Fsp3) is 0.500. The Bertz CT molecular complexity index is 864. The zero-order chi connectivity index (χ0) is 18.4. The number of hydrogen-bond acceptors (Lipinski definition) is 6. The lowest BCUT2D eigenvalue weighted by Crippen LogP contribution is -2.59. The Balaban J connectivity index is 2.01. The maximum absolute atomic E-state index is 10.2. The third-order valence-corrected chi connectivity index (χ3v) is 6.17. The van der Waals surface area contributed by atoms with Gasteiger partial charge in [0.2, 0.25) is 17.1 Å². The van der Waals surface area contributed by atoms with Gasteiger partial charge in [0, 0.05) is 6.42 Å². The minimum absolute atomic E-state index is 0.298. The zero-order valence-electron chi connectivity index (χ0n) is 14.2. The van der Waals surface area contributed by atoms with E-state index in [9.17, 15) is 15.8 Å². The molecule has 26 heavy (non-hydrogen) atoms. The Morgan fingerprint density at radius 2 is 1.73 bits per heavy atom. The number of benzene rings is 1. The number of hydrogen-bond donors (Lipinski definition) is 1. The van der Waals surface area contributed by atoms with Gasteiger partial charge in [0.05, 0.1) is 24.1 Å². The number of nitrogens with one attached hydrogen (secondary N) is 1. The van der Waals surface area contributed by atoms with Gasteiger partial charge in [0.25, 0.3) is 0 Å². The van der Waals surface area contributed by atoms with E-state index >= 15 is 0 Å². The average molecular weight is 346 g/mol. The summed E-state index contributed by atoms with van der Waals surface area (Å²) in [6.07, 6.45) is 2.90. The highest BCUT2D eigenvalue weighted by Crippen LogP contribution is 2.68. The molecule has 4 atom stereocenters. The van der Waals surface area contributed by atoms with Crippen molar-refractivity contribution in [2.24, 2.45) is 16.7 Å². The molecule has 6 nitrogen and oxygen atoms in total. The molecule has 3 fully saturated rings. The van der Waals surface area contributed by atoms with E-state index in [1.54, 1.807) is 12.1 Å². The van der Waals surface area contributed by atoms with Crippen molar-refractivity contribution in [1.82, 2.24) is 0 Å². The normalized spacial score (nSPS) is 37.2. The van der Waals surface area contributed by atoms with Crippen LogP contribution in [0.1, 0.15) is 43.8 Å². The number of nitrogens with zero attached hydrogens (tertiary/aromatic N) is 3. The molecule has 2 bridgehead atoms. The Kier molecular flexibility index (Phi) is 3.55. The van der Waals surface area contributed by atoms with Crippen LogP contribution in [0.25, 0.3) is 0 Å². The van der Waals surface area contributed by atoms with Gasteiger partial charge in [-0.15, -0.1) is 0 Å². The van der Waals surface area contributed by atoms with Gasteiger partial charge in [0.15, 0.2) is 5.41 Å². The molecule has 1 N–H and O–H groups in total. The van der Waals surface area contributed by atoms with E-state index in [-0.39, 0.29) is 5.90 Å². The van der Waals surface area contributed by atoms with Crippen LogP contribution in [-0.2, 0) is 9.47 Å². The van der Waals surface area contributed by atoms with Gasteiger partial charge in [-0.1, -0.05) is 43.2 Å². The van der Waals surface area contributed by atoms with Crippen molar-refractivity contribution in [3.05, 3.63) is 35.9 Å². The quantitative estimate of drug-likeness (QED) is 0.834. The van der Waals surface area contributed by atoms with Crippen LogP contribution in [0.3, 0.4) is 0 Å². The van der Waals surface area contributed by atoms with E-state index in [1.165, 1.54) is 0 Å². The van der Waals surface area contributed by atoms with Crippen molar-refractivity contribution in [3.63, 3.8) is 0 Å². The molecule has 2 heterocycles. The van der Waals surface area contributed by atoms with Crippen LogP contribution in [-0.4, -0.2) is 11.7 Å². The number of ether oxygens (including phenoxy) is 2. The van der Waals surface area contributed by atoms with Crippen molar-refractivity contribution in [2.75, 3.05) is 0 Å². The summed E-state index contributed by atoms with van der Waals surface area (Å²) in [5.74, 6) is -1.90. The first kappa shape index (κ1) is 16.6. The highest BCUT2D eigenvalue weighted by Gasteiger charge is 2.80. The minimum atomic E-state index is -1.84. The van der Waals surface area contributed by atoms with Gasteiger partial charge in [0.1, 0.15) is 6.10 Å². The second-order valence-electron chi connectivity index (χ2n) is 7.25. The average Bonchev–Trinajstić information content (AvgIpc) is 2.81. The van der Waals surface area contributed by atoms with Crippen LogP contribution < -0.4 is 0 Å². The number of rotatable bonds is 1. The third kappa shape index (κ3) is 1.74. The van der Waals surface area contributed by atoms with Crippen LogP contribution in [0.4, 0.5) is 0 Å². The molecular formula is C20H18N4O2. The topological polar surface area (TPSA) is 114 Å². The molecule has 1 aliphatic carbocycles. The van der Waals surface area contributed by atoms with Crippen molar-refractivity contribution >= 4 is 5.90 Å². The first-order valence-corrected chi connectivity index (χ1v) is 8.85. The Morgan fingerprint density at radius 1 is 1.00 bits per heavy atom. The summed E-state index contributed by atoms with van der Waals surface area (Å²) in [7, 11) is 0. The van der Waals surface area contributed by atoms with E-state index < -0.39 is 28.6 Å². The lowest BCUT2D eigenvalue weighted by Gasteiger charge is -2.49. The lowest BCUT2D eigenvalue weighted by atomic mass is 9.52. The predicted octanol–water partition coefficient (Wildman–Crippen LogP) is 3.59. The van der Waals surface area contributed by atoms with Crippen molar-refractivity contribution < 1.29 is 9.47 Å². The number of nitriles is 3. The Labute approximate surface area is 152 Å². The van der Waals surface area contributed by atoms with Crippen molar-refractivity contribution in [2.45, 2.75) is 44.0 Å². The molecule has 2 aliphatic heterocycles. The fourth-order valence-corrected chi connectivity index (χ4v) is 4.97. The van der Waals surface area contributed by atoms with Crippen molar-refractivity contribution in [1.29, 1.82) is 21.2 Å². The van der Waals surface area contributed by atoms with Gasteiger partial charge in [-0.05, 0) is 18.4 Å². The van der Waals surface area contributed by atoms with E-state index in [2.05, 4.69) is 18.2 Å². The Morgan fingerprint density at radius 3 is 2.38 bits per heavy atom. The molecular weight excluding hydrogens is 328 g/mol. The molecule has 0 unspecified atom stereocenters. The van der Waals surface area contributed by atoms with Crippen LogP contribution in [0.15, 0.2) is 30.3 Å². The molecule has 130 valence electrons. The van der Waals surface area contributed by atoms with Crippen LogP contribution in [0, 0.1) is 56.2 Å². The van der Waals surface area contributed by atoms with Gasteiger partial charge < -0.3 is 9.47 Å². The smallest absolute Gasteiger partial charge is 0.217 e. The highest BCUT2D eigenvalue weighted by molar-refractivity contribution is 5.89. The third-order valence-electron chi connectivity index (χ3n) is 6.17. The second-order valence-corrected chi connectivity index (χ2v) is 7.25. The highest BCUT2D eigenvalue weighted by atomic mass is 16.7. The summed E-state index contributed by atoms with van der Waals surface area (Å²) in [6, 6.07) is 15.4. The SMILES string of the molecule is N#CC1(C#N)[C@@H](c2ccccc2)O[C@@]23CCCCC[C@@H]2[C@@]1(C#N)C(=N)O3. The fourth-order valence-electron chi connectivity index (χ4n) is 4.97. The summed E-state index contributed by atoms with van der Waals surface area (Å²) in [6.45, 7) is 0. The van der Waals surface area contributed by atoms with E-state index in [0.29, 0.717) is 18.4 Å². The van der Waals surface area contributed by atoms with Crippen LogP contribution in [0.5, 0.6) is 0 Å². The van der Waals surface area contributed by atoms with Crippen LogP contribution >= 0.6 is 0 Å². The van der Waals surface area contributed by atoms with Gasteiger partial charge in [-0.3, -0.25) is 5.41 Å².